The van der Waals surface area contributed by atoms with Gasteiger partial charge in [0, 0.05) is 26.5 Å². The van der Waals surface area contributed by atoms with Crippen LogP contribution in [0.5, 0.6) is 0 Å². The Morgan fingerprint density at radius 1 is 1.25 bits per heavy atom. The summed E-state index contributed by atoms with van der Waals surface area (Å²) in [7, 11) is -1.34. The van der Waals surface area contributed by atoms with Gasteiger partial charge >= 0.3 is 0 Å². The van der Waals surface area contributed by atoms with Gasteiger partial charge in [-0.1, -0.05) is 26.7 Å². The average molecular weight is 251 g/mol. The maximum atomic E-state index is 11.7. The van der Waals surface area contributed by atoms with E-state index in [4.69, 9.17) is 4.74 Å². The summed E-state index contributed by atoms with van der Waals surface area (Å²) in [5.74, 6) is 0.241. The van der Waals surface area contributed by atoms with Crippen LogP contribution in [0.25, 0.3) is 0 Å². The molecule has 0 fully saturated rings. The van der Waals surface area contributed by atoms with Gasteiger partial charge in [-0.05, 0) is 5.92 Å². The molecule has 0 aromatic rings. The molecule has 0 aromatic heterocycles. The summed E-state index contributed by atoms with van der Waals surface area (Å²) < 4.78 is 28.3. The lowest BCUT2D eigenvalue weighted by Gasteiger charge is -2.24. The zero-order valence-electron chi connectivity index (χ0n) is 10.8. The lowest BCUT2D eigenvalue weighted by atomic mass is 9.99. The number of hydrogen-bond acceptors (Lipinski definition) is 4. The molecule has 0 spiro atoms. The molecule has 0 heterocycles. The van der Waals surface area contributed by atoms with E-state index in [1.807, 2.05) is 13.8 Å². The van der Waals surface area contributed by atoms with Crippen molar-refractivity contribution in [1.82, 2.24) is 5.32 Å². The molecule has 1 atom stereocenters. The van der Waals surface area contributed by atoms with Gasteiger partial charge in [0.1, 0.15) is 0 Å². The first kappa shape index (κ1) is 15.9. The molecule has 0 aliphatic heterocycles. The second-order valence-electron chi connectivity index (χ2n) is 4.14. The fraction of sp³-hybridized carbons (Fsp3) is 1.00. The van der Waals surface area contributed by atoms with Crippen LogP contribution in [0.15, 0.2) is 0 Å². The van der Waals surface area contributed by atoms with Gasteiger partial charge in [-0.2, -0.15) is 0 Å². The van der Waals surface area contributed by atoms with E-state index in [-0.39, 0.29) is 11.2 Å². The summed E-state index contributed by atoms with van der Waals surface area (Å²) in [6.45, 7) is 5.92. The van der Waals surface area contributed by atoms with Gasteiger partial charge in [0.25, 0.3) is 0 Å². The molecule has 4 nitrogen and oxygen atoms in total. The van der Waals surface area contributed by atoms with Gasteiger partial charge in [-0.15, -0.1) is 0 Å². The van der Waals surface area contributed by atoms with Crippen LogP contribution in [0, 0.1) is 5.92 Å². The fourth-order valence-corrected chi connectivity index (χ4v) is 3.41. The second kappa shape index (κ2) is 8.03. The maximum absolute atomic E-state index is 11.7. The van der Waals surface area contributed by atoms with E-state index in [1.165, 1.54) is 6.26 Å². The molecule has 0 aliphatic rings. The quantitative estimate of drug-likeness (QED) is 0.623. The molecule has 0 saturated heterocycles. The zero-order chi connectivity index (χ0) is 12.6. The SMILES string of the molecule is CCC(CC)C(CNCCOC)S(C)(=O)=O. The van der Waals surface area contributed by atoms with Gasteiger partial charge in [0.05, 0.1) is 11.9 Å². The summed E-state index contributed by atoms with van der Waals surface area (Å²) in [6, 6.07) is 0. The minimum atomic E-state index is -2.98. The Labute approximate surface area is 99.7 Å². The van der Waals surface area contributed by atoms with E-state index in [0.29, 0.717) is 19.7 Å². The highest BCUT2D eigenvalue weighted by Gasteiger charge is 2.27. The molecule has 0 rings (SSSR count). The summed E-state index contributed by atoms with van der Waals surface area (Å²) >= 11 is 0. The van der Waals surface area contributed by atoms with Crippen LogP contribution in [0.3, 0.4) is 0 Å². The van der Waals surface area contributed by atoms with Gasteiger partial charge in [0.2, 0.25) is 0 Å². The minimum Gasteiger partial charge on any atom is -0.383 e. The predicted octanol–water partition coefficient (Wildman–Crippen LogP) is 1.07. The second-order valence-corrected chi connectivity index (χ2v) is 6.41. The van der Waals surface area contributed by atoms with Crippen molar-refractivity contribution in [3.8, 4) is 0 Å². The van der Waals surface area contributed by atoms with E-state index < -0.39 is 9.84 Å². The van der Waals surface area contributed by atoms with Gasteiger partial charge in [-0.3, -0.25) is 0 Å². The molecule has 1 unspecified atom stereocenters. The highest BCUT2D eigenvalue weighted by atomic mass is 32.2. The van der Waals surface area contributed by atoms with Gasteiger partial charge in [-0.25, -0.2) is 8.42 Å². The van der Waals surface area contributed by atoms with Crippen LogP contribution < -0.4 is 5.32 Å². The van der Waals surface area contributed by atoms with Crippen molar-refractivity contribution in [3.63, 3.8) is 0 Å². The highest BCUT2D eigenvalue weighted by molar-refractivity contribution is 7.91. The van der Waals surface area contributed by atoms with E-state index >= 15 is 0 Å². The normalized spacial score (nSPS) is 14.3. The molecule has 98 valence electrons. The van der Waals surface area contributed by atoms with Crippen molar-refractivity contribution in [2.24, 2.45) is 5.92 Å². The van der Waals surface area contributed by atoms with Gasteiger partial charge < -0.3 is 10.1 Å². The number of methoxy groups -OCH3 is 1. The monoisotopic (exact) mass is 251 g/mol. The van der Waals surface area contributed by atoms with E-state index in [1.54, 1.807) is 7.11 Å². The van der Waals surface area contributed by atoms with E-state index in [0.717, 1.165) is 12.8 Å². The van der Waals surface area contributed by atoms with Crippen LogP contribution in [0.4, 0.5) is 0 Å². The molecule has 1 N–H and O–H groups in total. The number of hydrogen-bond donors (Lipinski definition) is 1. The third kappa shape index (κ3) is 5.82. The van der Waals surface area contributed by atoms with Crippen LogP contribution in [0.2, 0.25) is 0 Å². The molecular formula is C11H25NO3S. The van der Waals surface area contributed by atoms with Crippen molar-refractivity contribution in [2.75, 3.05) is 33.1 Å². The lowest BCUT2D eigenvalue weighted by molar-refractivity contribution is 0.199. The van der Waals surface area contributed by atoms with Crippen molar-refractivity contribution in [1.29, 1.82) is 0 Å². The third-order valence-corrected chi connectivity index (χ3v) is 4.60. The topological polar surface area (TPSA) is 55.4 Å². The third-order valence-electron chi connectivity index (χ3n) is 2.95. The fourth-order valence-electron chi connectivity index (χ4n) is 1.90. The average Bonchev–Trinajstić information content (AvgIpc) is 2.21. The molecule has 0 saturated carbocycles. The molecule has 0 aliphatic carbocycles. The lowest BCUT2D eigenvalue weighted by Crippen LogP contribution is -2.39. The van der Waals surface area contributed by atoms with Crippen LogP contribution in [-0.4, -0.2) is 46.7 Å². The van der Waals surface area contributed by atoms with Crippen LogP contribution in [-0.2, 0) is 14.6 Å². The van der Waals surface area contributed by atoms with Crippen molar-refractivity contribution >= 4 is 9.84 Å². The smallest absolute Gasteiger partial charge is 0.151 e. The largest absolute Gasteiger partial charge is 0.383 e. The van der Waals surface area contributed by atoms with Crippen molar-refractivity contribution in [3.05, 3.63) is 0 Å². The van der Waals surface area contributed by atoms with Crippen LogP contribution >= 0.6 is 0 Å². The summed E-state index contributed by atoms with van der Waals surface area (Å²) in [4.78, 5) is 0. The first-order valence-corrected chi connectivity index (χ1v) is 7.81. The maximum Gasteiger partial charge on any atom is 0.151 e. The Kier molecular flexibility index (Phi) is 7.97. The summed E-state index contributed by atoms with van der Waals surface area (Å²) in [5.41, 5.74) is 0. The standard InChI is InChI=1S/C11H25NO3S/c1-5-10(6-2)11(16(4,13)14)9-12-7-8-15-3/h10-12H,5-9H2,1-4H3. The Hall–Kier alpha value is -0.130. The number of sulfone groups is 1. The Morgan fingerprint density at radius 2 is 1.81 bits per heavy atom. The van der Waals surface area contributed by atoms with Crippen LogP contribution in [0.1, 0.15) is 26.7 Å². The van der Waals surface area contributed by atoms with E-state index in [2.05, 4.69) is 5.32 Å². The summed E-state index contributed by atoms with van der Waals surface area (Å²) in [5, 5.41) is 2.86. The molecule has 0 radical (unpaired) electrons. The van der Waals surface area contributed by atoms with Gasteiger partial charge in [0.15, 0.2) is 9.84 Å². The molecule has 0 amide bonds. The molecular weight excluding hydrogens is 226 g/mol. The number of nitrogens with one attached hydrogen (secondary N) is 1. The van der Waals surface area contributed by atoms with Crippen molar-refractivity contribution < 1.29 is 13.2 Å². The molecule has 5 heteroatoms. The number of ether oxygens (including phenoxy) is 1. The molecule has 16 heavy (non-hydrogen) atoms. The van der Waals surface area contributed by atoms with E-state index in [9.17, 15) is 8.42 Å². The highest BCUT2D eigenvalue weighted by Crippen LogP contribution is 2.18. The first-order valence-electron chi connectivity index (χ1n) is 5.85. The molecule has 0 aromatic carbocycles. The minimum absolute atomic E-state index is 0.241. The Balaban J connectivity index is 4.33. The Morgan fingerprint density at radius 3 is 2.19 bits per heavy atom. The predicted molar refractivity (Wildman–Crippen MR) is 67.4 cm³/mol. The van der Waals surface area contributed by atoms with Crippen molar-refractivity contribution in [2.45, 2.75) is 31.9 Å². The molecule has 0 bridgehead atoms. The Bertz CT molecular complexity index is 260. The zero-order valence-corrected chi connectivity index (χ0v) is 11.6. The number of rotatable bonds is 9. The first-order chi connectivity index (χ1) is 7.47. The summed E-state index contributed by atoms with van der Waals surface area (Å²) in [6.07, 6.45) is 3.13.